The Balaban J connectivity index is 1.75. The molecule has 1 aromatic heterocycles. The molecule has 1 saturated carbocycles. The number of aryl methyl sites for hydroxylation is 1. The van der Waals surface area contributed by atoms with E-state index in [1.54, 1.807) is 0 Å². The Morgan fingerprint density at radius 2 is 2.00 bits per heavy atom. The first kappa shape index (κ1) is 14.1. The predicted molar refractivity (Wildman–Crippen MR) is 81.5 cm³/mol. The molecule has 1 aliphatic heterocycles. The van der Waals surface area contributed by atoms with E-state index < -0.39 is 0 Å². The summed E-state index contributed by atoms with van der Waals surface area (Å²) in [7, 11) is 2.00. The summed E-state index contributed by atoms with van der Waals surface area (Å²) in [6, 6.07) is 0. The van der Waals surface area contributed by atoms with Gasteiger partial charge in [0.25, 0.3) is 0 Å². The van der Waals surface area contributed by atoms with Crippen LogP contribution in [-0.4, -0.2) is 38.8 Å². The Kier molecular flexibility index (Phi) is 3.63. The second-order valence-electron chi connectivity index (χ2n) is 7.39. The fourth-order valence-electron chi connectivity index (χ4n) is 3.76. The Morgan fingerprint density at radius 1 is 1.25 bits per heavy atom. The Hall–Kier alpha value is -0.870. The summed E-state index contributed by atoms with van der Waals surface area (Å²) >= 11 is 0. The molecular weight excluding hydrogens is 248 g/mol. The molecule has 20 heavy (non-hydrogen) atoms. The zero-order valence-corrected chi connectivity index (χ0v) is 13.2. The van der Waals surface area contributed by atoms with E-state index in [1.165, 1.54) is 44.2 Å². The largest absolute Gasteiger partial charge is 0.308 e. The number of aromatic nitrogens is 2. The number of nitrogens with one attached hydrogen (secondary N) is 1. The molecular formula is C16H28N4. The van der Waals surface area contributed by atoms with Gasteiger partial charge >= 0.3 is 0 Å². The number of hydrogen-bond acceptors (Lipinski definition) is 3. The van der Waals surface area contributed by atoms with Crippen molar-refractivity contribution in [1.82, 2.24) is 20.0 Å². The zero-order valence-electron chi connectivity index (χ0n) is 13.2. The summed E-state index contributed by atoms with van der Waals surface area (Å²) < 4.78 is 1.90. The van der Waals surface area contributed by atoms with Crippen LogP contribution in [0.15, 0.2) is 12.4 Å². The van der Waals surface area contributed by atoms with E-state index in [0.717, 1.165) is 13.1 Å². The van der Waals surface area contributed by atoms with E-state index in [9.17, 15) is 0 Å². The van der Waals surface area contributed by atoms with Crippen LogP contribution >= 0.6 is 0 Å². The molecule has 0 bridgehead atoms. The standard InChI is InChI=1S/C16H28N4/c1-15(2)12-17-16(7-5-4-6-8-16)13-20(15)11-14-9-18-19(3)10-14/h9-10,17H,4-8,11-13H2,1-3H3. The summed E-state index contributed by atoms with van der Waals surface area (Å²) in [6.45, 7) is 7.99. The first-order valence-electron chi connectivity index (χ1n) is 7.97. The highest BCUT2D eigenvalue weighted by Crippen LogP contribution is 2.35. The number of nitrogens with zero attached hydrogens (tertiary/aromatic N) is 3. The third-order valence-corrected chi connectivity index (χ3v) is 5.19. The first-order chi connectivity index (χ1) is 9.49. The van der Waals surface area contributed by atoms with Crippen molar-refractivity contribution >= 4 is 0 Å². The quantitative estimate of drug-likeness (QED) is 0.900. The van der Waals surface area contributed by atoms with Crippen LogP contribution in [0.25, 0.3) is 0 Å². The summed E-state index contributed by atoms with van der Waals surface area (Å²) in [5.41, 5.74) is 1.92. The van der Waals surface area contributed by atoms with E-state index in [-0.39, 0.29) is 5.54 Å². The maximum absolute atomic E-state index is 4.31. The van der Waals surface area contributed by atoms with Crippen LogP contribution in [0.5, 0.6) is 0 Å². The van der Waals surface area contributed by atoms with Crippen molar-refractivity contribution in [3.8, 4) is 0 Å². The smallest absolute Gasteiger partial charge is 0.0534 e. The van der Waals surface area contributed by atoms with Gasteiger partial charge in [-0.2, -0.15) is 5.10 Å². The molecule has 0 unspecified atom stereocenters. The van der Waals surface area contributed by atoms with Gasteiger partial charge in [0.15, 0.2) is 0 Å². The van der Waals surface area contributed by atoms with Crippen molar-refractivity contribution in [2.45, 2.75) is 63.6 Å². The van der Waals surface area contributed by atoms with Gasteiger partial charge in [0, 0.05) is 49.5 Å². The van der Waals surface area contributed by atoms with E-state index in [4.69, 9.17) is 0 Å². The fraction of sp³-hybridized carbons (Fsp3) is 0.812. The zero-order chi connectivity index (χ0) is 14.2. The van der Waals surface area contributed by atoms with Crippen molar-refractivity contribution in [3.05, 3.63) is 18.0 Å². The van der Waals surface area contributed by atoms with Crippen LogP contribution in [-0.2, 0) is 13.6 Å². The van der Waals surface area contributed by atoms with Gasteiger partial charge in [-0.15, -0.1) is 0 Å². The molecule has 1 N–H and O–H groups in total. The number of rotatable bonds is 2. The lowest BCUT2D eigenvalue weighted by Crippen LogP contribution is -2.68. The lowest BCUT2D eigenvalue weighted by molar-refractivity contribution is 0.00484. The Bertz CT molecular complexity index is 457. The normalized spacial score (nSPS) is 25.9. The molecule has 0 amide bonds. The highest BCUT2D eigenvalue weighted by Gasteiger charge is 2.43. The summed E-state index contributed by atoms with van der Waals surface area (Å²) in [4.78, 5) is 2.66. The summed E-state index contributed by atoms with van der Waals surface area (Å²) in [5, 5.41) is 8.19. The second-order valence-corrected chi connectivity index (χ2v) is 7.39. The molecule has 3 rings (SSSR count). The van der Waals surface area contributed by atoms with E-state index >= 15 is 0 Å². The molecule has 112 valence electrons. The molecule has 0 aromatic carbocycles. The molecule has 1 spiro atoms. The third-order valence-electron chi connectivity index (χ3n) is 5.19. The van der Waals surface area contributed by atoms with Crippen LogP contribution < -0.4 is 5.32 Å². The lowest BCUT2D eigenvalue weighted by Gasteiger charge is -2.53. The molecule has 1 aromatic rings. The minimum Gasteiger partial charge on any atom is -0.308 e. The Morgan fingerprint density at radius 3 is 2.65 bits per heavy atom. The average Bonchev–Trinajstić information content (AvgIpc) is 2.82. The molecule has 0 radical (unpaired) electrons. The van der Waals surface area contributed by atoms with Gasteiger partial charge in [0.05, 0.1) is 6.20 Å². The van der Waals surface area contributed by atoms with E-state index in [2.05, 4.69) is 35.4 Å². The third kappa shape index (κ3) is 2.77. The second kappa shape index (κ2) is 5.15. The van der Waals surface area contributed by atoms with E-state index in [0.29, 0.717) is 5.54 Å². The minimum atomic E-state index is 0.221. The van der Waals surface area contributed by atoms with Gasteiger partial charge in [-0.3, -0.25) is 9.58 Å². The predicted octanol–water partition coefficient (Wildman–Crippen LogP) is 2.31. The number of hydrogen-bond donors (Lipinski definition) is 1. The van der Waals surface area contributed by atoms with Crippen LogP contribution in [0.2, 0.25) is 0 Å². The van der Waals surface area contributed by atoms with Gasteiger partial charge in [0.2, 0.25) is 0 Å². The van der Waals surface area contributed by atoms with Gasteiger partial charge in [-0.05, 0) is 26.7 Å². The molecule has 4 nitrogen and oxygen atoms in total. The minimum absolute atomic E-state index is 0.221. The van der Waals surface area contributed by atoms with Crippen molar-refractivity contribution in [3.63, 3.8) is 0 Å². The van der Waals surface area contributed by atoms with Crippen LogP contribution in [0.1, 0.15) is 51.5 Å². The lowest BCUT2D eigenvalue weighted by atomic mass is 9.77. The van der Waals surface area contributed by atoms with Crippen molar-refractivity contribution in [2.24, 2.45) is 7.05 Å². The highest BCUT2D eigenvalue weighted by atomic mass is 15.3. The maximum atomic E-state index is 4.31. The van der Waals surface area contributed by atoms with Crippen molar-refractivity contribution in [1.29, 1.82) is 0 Å². The monoisotopic (exact) mass is 276 g/mol. The highest BCUT2D eigenvalue weighted by molar-refractivity contribution is 5.09. The average molecular weight is 276 g/mol. The Labute approximate surface area is 122 Å². The molecule has 2 heterocycles. The van der Waals surface area contributed by atoms with Crippen LogP contribution in [0.3, 0.4) is 0 Å². The van der Waals surface area contributed by atoms with Crippen LogP contribution in [0, 0.1) is 0 Å². The van der Waals surface area contributed by atoms with Gasteiger partial charge in [-0.25, -0.2) is 0 Å². The van der Waals surface area contributed by atoms with Crippen molar-refractivity contribution in [2.75, 3.05) is 13.1 Å². The fourth-order valence-corrected chi connectivity index (χ4v) is 3.76. The summed E-state index contributed by atoms with van der Waals surface area (Å²) in [5.74, 6) is 0. The van der Waals surface area contributed by atoms with Gasteiger partial charge in [-0.1, -0.05) is 19.3 Å². The van der Waals surface area contributed by atoms with E-state index in [1.807, 2.05) is 17.9 Å². The van der Waals surface area contributed by atoms with Crippen LogP contribution in [0.4, 0.5) is 0 Å². The maximum Gasteiger partial charge on any atom is 0.0534 e. The first-order valence-corrected chi connectivity index (χ1v) is 7.97. The van der Waals surface area contributed by atoms with Crippen molar-refractivity contribution < 1.29 is 0 Å². The molecule has 4 heteroatoms. The molecule has 0 atom stereocenters. The SMILES string of the molecule is Cn1cc(CN2CC3(CCCCC3)NCC2(C)C)cn1. The molecule has 1 aliphatic carbocycles. The molecule has 2 aliphatic rings. The molecule has 1 saturated heterocycles. The van der Waals surface area contributed by atoms with Gasteiger partial charge < -0.3 is 5.32 Å². The van der Waals surface area contributed by atoms with Gasteiger partial charge in [0.1, 0.15) is 0 Å². The number of piperazine rings is 1. The summed E-state index contributed by atoms with van der Waals surface area (Å²) in [6.07, 6.45) is 11.0. The topological polar surface area (TPSA) is 33.1 Å². The molecule has 2 fully saturated rings.